The molecule has 0 radical (unpaired) electrons. The average Bonchev–Trinajstić information content (AvgIpc) is 2.42. The number of carbonyl (C=O) groups excluding carboxylic acids is 1. The number of methoxy groups -OCH3 is 1. The monoisotopic (exact) mass is 302 g/mol. The Kier molecular flexibility index (Phi) is 4.26. The Bertz CT molecular complexity index is 757. The van der Waals surface area contributed by atoms with Gasteiger partial charge in [-0.2, -0.15) is 0 Å². The topological polar surface area (TPSA) is 62.4 Å². The predicted molar refractivity (Wildman–Crippen MR) is 87.1 cm³/mol. The van der Waals surface area contributed by atoms with Gasteiger partial charge in [-0.25, -0.2) is 0 Å². The Morgan fingerprint density at radius 3 is 2.50 bits per heavy atom. The molecule has 1 N–H and O–H groups in total. The fraction of sp³-hybridized carbons (Fsp3) is 0.412. The number of hydrogen-bond acceptors (Lipinski definition) is 3. The van der Waals surface area contributed by atoms with Gasteiger partial charge in [0.15, 0.2) is 0 Å². The van der Waals surface area contributed by atoms with Crippen LogP contribution in [0, 0.1) is 0 Å². The third-order valence-corrected chi connectivity index (χ3v) is 3.65. The van der Waals surface area contributed by atoms with Gasteiger partial charge in [0, 0.05) is 24.1 Å². The van der Waals surface area contributed by atoms with Crippen molar-refractivity contribution in [2.45, 2.75) is 39.8 Å². The largest absolute Gasteiger partial charge is 0.497 e. The molecule has 0 aliphatic heterocycles. The molecule has 1 aromatic heterocycles. The lowest BCUT2D eigenvalue weighted by atomic mass is 10.0. The van der Waals surface area contributed by atoms with Crippen LogP contribution in [0.25, 0.3) is 10.9 Å². The summed E-state index contributed by atoms with van der Waals surface area (Å²) in [4.78, 5) is 28.7. The van der Waals surface area contributed by atoms with E-state index in [-0.39, 0.29) is 23.6 Å². The zero-order chi connectivity index (χ0) is 16.5. The first-order valence-corrected chi connectivity index (χ1v) is 7.20. The second-order valence-electron chi connectivity index (χ2n) is 6.35. The molecule has 2 aromatic rings. The van der Waals surface area contributed by atoms with Gasteiger partial charge in [-0.15, -0.1) is 0 Å². The summed E-state index contributed by atoms with van der Waals surface area (Å²) < 4.78 is 5.16. The molecule has 118 valence electrons. The van der Waals surface area contributed by atoms with Crippen molar-refractivity contribution >= 4 is 16.8 Å². The van der Waals surface area contributed by atoms with Gasteiger partial charge in [-0.1, -0.05) is 0 Å². The number of hydrogen-bond donors (Lipinski definition) is 1. The van der Waals surface area contributed by atoms with Crippen LogP contribution in [0.2, 0.25) is 0 Å². The number of fused-ring (bicyclic) bond motifs is 1. The minimum Gasteiger partial charge on any atom is -0.497 e. The molecule has 1 aromatic carbocycles. The highest BCUT2D eigenvalue weighted by atomic mass is 16.5. The number of ether oxygens (including phenoxy) is 1. The molecule has 1 heterocycles. The van der Waals surface area contributed by atoms with Gasteiger partial charge in [0.05, 0.1) is 19.2 Å². The highest BCUT2D eigenvalue weighted by Crippen LogP contribution is 2.21. The Balaban J connectivity index is 2.46. The average molecular weight is 302 g/mol. The van der Waals surface area contributed by atoms with Gasteiger partial charge in [0.2, 0.25) is 5.91 Å². The van der Waals surface area contributed by atoms with Crippen molar-refractivity contribution in [3.63, 3.8) is 0 Å². The number of pyridine rings is 1. The van der Waals surface area contributed by atoms with Crippen molar-refractivity contribution in [1.29, 1.82) is 0 Å². The van der Waals surface area contributed by atoms with Crippen LogP contribution < -0.4 is 10.3 Å². The normalized spacial score (nSPS) is 11.5. The van der Waals surface area contributed by atoms with Gasteiger partial charge in [-0.05, 0) is 44.4 Å². The Morgan fingerprint density at radius 2 is 1.95 bits per heavy atom. The molecule has 5 heteroatoms. The highest BCUT2D eigenvalue weighted by Gasteiger charge is 2.24. The molecule has 0 saturated heterocycles. The summed E-state index contributed by atoms with van der Waals surface area (Å²) in [7, 11) is 1.59. The molecule has 22 heavy (non-hydrogen) atoms. The molecule has 0 bridgehead atoms. The van der Waals surface area contributed by atoms with Crippen molar-refractivity contribution in [2.24, 2.45) is 0 Å². The molecule has 0 atom stereocenters. The second kappa shape index (κ2) is 5.83. The standard InChI is InChI=1S/C17H22N2O3/c1-11(20)19(17(2,3)4)10-13-8-12-6-7-14(22-5)9-15(12)18-16(13)21/h6-9H,10H2,1-5H3,(H,18,21). The predicted octanol–water partition coefficient (Wildman–Crippen LogP) is 2.68. The van der Waals surface area contributed by atoms with Crippen LogP contribution in [0.3, 0.4) is 0 Å². The van der Waals surface area contributed by atoms with Gasteiger partial charge in [0.25, 0.3) is 5.56 Å². The van der Waals surface area contributed by atoms with E-state index < -0.39 is 0 Å². The fourth-order valence-corrected chi connectivity index (χ4v) is 2.46. The van der Waals surface area contributed by atoms with Crippen molar-refractivity contribution in [1.82, 2.24) is 9.88 Å². The fourth-order valence-electron chi connectivity index (χ4n) is 2.46. The van der Waals surface area contributed by atoms with Gasteiger partial charge >= 0.3 is 0 Å². The summed E-state index contributed by atoms with van der Waals surface area (Å²) in [5.41, 5.74) is 0.768. The molecule has 0 aliphatic rings. The maximum atomic E-state index is 12.3. The molecule has 1 amide bonds. The van der Waals surface area contributed by atoms with E-state index in [0.717, 1.165) is 10.9 Å². The molecular weight excluding hydrogens is 280 g/mol. The third kappa shape index (κ3) is 3.30. The summed E-state index contributed by atoms with van der Waals surface area (Å²) in [6.07, 6.45) is 0. The van der Waals surface area contributed by atoms with E-state index in [2.05, 4.69) is 4.98 Å². The third-order valence-electron chi connectivity index (χ3n) is 3.65. The SMILES string of the molecule is COc1ccc2cc(CN(C(C)=O)C(C)(C)C)c(=O)[nH]c2c1. The Morgan fingerprint density at radius 1 is 1.27 bits per heavy atom. The van der Waals surface area contributed by atoms with Gasteiger partial charge in [-0.3, -0.25) is 9.59 Å². The van der Waals surface area contributed by atoms with E-state index in [1.807, 2.05) is 39.0 Å². The summed E-state index contributed by atoms with van der Waals surface area (Å²) in [6, 6.07) is 7.35. The quantitative estimate of drug-likeness (QED) is 0.948. The number of rotatable bonds is 3. The lowest BCUT2D eigenvalue weighted by molar-refractivity contribution is -0.134. The van der Waals surface area contributed by atoms with Crippen molar-refractivity contribution in [3.05, 3.63) is 40.2 Å². The van der Waals surface area contributed by atoms with E-state index in [1.165, 1.54) is 6.92 Å². The van der Waals surface area contributed by atoms with E-state index in [0.29, 0.717) is 11.3 Å². The lowest BCUT2D eigenvalue weighted by Crippen LogP contribution is -2.44. The van der Waals surface area contributed by atoms with Crippen LogP contribution in [0.4, 0.5) is 0 Å². The van der Waals surface area contributed by atoms with Crippen molar-refractivity contribution in [3.8, 4) is 5.75 Å². The second-order valence-corrected chi connectivity index (χ2v) is 6.35. The number of aromatic nitrogens is 1. The van der Waals surface area contributed by atoms with Crippen LogP contribution in [-0.2, 0) is 11.3 Å². The van der Waals surface area contributed by atoms with Crippen LogP contribution in [0.5, 0.6) is 5.75 Å². The minimum absolute atomic E-state index is 0.0540. The van der Waals surface area contributed by atoms with E-state index in [9.17, 15) is 9.59 Å². The molecule has 0 fully saturated rings. The summed E-state index contributed by atoms with van der Waals surface area (Å²) in [5, 5.41) is 0.910. The maximum absolute atomic E-state index is 12.3. The highest BCUT2D eigenvalue weighted by molar-refractivity contribution is 5.80. The lowest BCUT2D eigenvalue weighted by Gasteiger charge is -2.34. The number of amides is 1. The number of nitrogens with zero attached hydrogens (tertiary/aromatic N) is 1. The van der Waals surface area contributed by atoms with E-state index in [4.69, 9.17) is 4.74 Å². The van der Waals surface area contributed by atoms with Crippen molar-refractivity contribution in [2.75, 3.05) is 7.11 Å². The van der Waals surface area contributed by atoms with Crippen LogP contribution >= 0.6 is 0 Å². The number of aromatic amines is 1. The Labute approximate surface area is 129 Å². The first-order valence-electron chi connectivity index (χ1n) is 7.20. The molecule has 5 nitrogen and oxygen atoms in total. The molecule has 0 saturated carbocycles. The molecule has 0 unspecified atom stereocenters. The first-order chi connectivity index (χ1) is 10.2. The molecule has 0 spiro atoms. The number of nitrogens with one attached hydrogen (secondary N) is 1. The van der Waals surface area contributed by atoms with Gasteiger partial charge < -0.3 is 14.6 Å². The number of carbonyl (C=O) groups is 1. The molecular formula is C17H22N2O3. The van der Waals surface area contributed by atoms with E-state index in [1.54, 1.807) is 18.1 Å². The van der Waals surface area contributed by atoms with Crippen molar-refractivity contribution < 1.29 is 9.53 Å². The summed E-state index contributed by atoms with van der Waals surface area (Å²) in [6.45, 7) is 7.67. The van der Waals surface area contributed by atoms with E-state index >= 15 is 0 Å². The minimum atomic E-state index is -0.340. The molecule has 0 aliphatic carbocycles. The number of benzene rings is 1. The first kappa shape index (κ1) is 16.1. The summed E-state index contributed by atoms with van der Waals surface area (Å²) >= 11 is 0. The van der Waals surface area contributed by atoms with Crippen LogP contribution in [0.15, 0.2) is 29.1 Å². The Hall–Kier alpha value is -2.30. The number of H-pyrrole nitrogens is 1. The molecule has 2 rings (SSSR count). The summed E-state index contributed by atoms with van der Waals surface area (Å²) in [5.74, 6) is 0.637. The maximum Gasteiger partial charge on any atom is 0.253 e. The van der Waals surface area contributed by atoms with Crippen LogP contribution in [-0.4, -0.2) is 28.4 Å². The van der Waals surface area contributed by atoms with Crippen LogP contribution in [0.1, 0.15) is 33.3 Å². The van der Waals surface area contributed by atoms with Gasteiger partial charge in [0.1, 0.15) is 5.75 Å². The zero-order valence-corrected chi connectivity index (χ0v) is 13.7. The zero-order valence-electron chi connectivity index (χ0n) is 13.7. The smallest absolute Gasteiger partial charge is 0.253 e.